The predicted molar refractivity (Wildman–Crippen MR) is 67.3 cm³/mol. The summed E-state index contributed by atoms with van der Waals surface area (Å²) in [6, 6.07) is 7.85. The van der Waals surface area contributed by atoms with Gasteiger partial charge in [-0.15, -0.1) is 0 Å². The van der Waals surface area contributed by atoms with E-state index >= 15 is 0 Å². The summed E-state index contributed by atoms with van der Waals surface area (Å²) in [6.45, 7) is 2.86. The topological polar surface area (TPSA) is 29.1 Å². The fraction of sp³-hybridized carbons (Fsp3) is 0.462. The van der Waals surface area contributed by atoms with E-state index < -0.39 is 0 Å². The normalized spacial score (nSPS) is 11.2. The maximum absolute atomic E-state index is 11.6. The van der Waals surface area contributed by atoms with Crippen LogP contribution < -0.4 is 5.32 Å². The van der Waals surface area contributed by atoms with E-state index in [-0.39, 0.29) is 5.91 Å². The van der Waals surface area contributed by atoms with Gasteiger partial charge in [-0.3, -0.25) is 4.79 Å². The lowest BCUT2D eigenvalue weighted by Crippen LogP contribution is -2.37. The molecular formula is C13H21N2O+. The highest BCUT2D eigenvalue weighted by atomic mass is 16.1. The van der Waals surface area contributed by atoms with Gasteiger partial charge >= 0.3 is 0 Å². The molecule has 0 unspecified atom stereocenters. The Morgan fingerprint density at radius 2 is 2.00 bits per heavy atom. The van der Waals surface area contributed by atoms with E-state index in [4.69, 9.17) is 0 Å². The van der Waals surface area contributed by atoms with E-state index in [1.165, 1.54) is 0 Å². The molecule has 1 aromatic rings. The zero-order valence-corrected chi connectivity index (χ0v) is 10.6. The van der Waals surface area contributed by atoms with Gasteiger partial charge in [0.15, 0.2) is 0 Å². The first-order chi connectivity index (χ1) is 7.37. The molecule has 1 amide bonds. The molecule has 0 atom stereocenters. The highest BCUT2D eigenvalue weighted by Crippen LogP contribution is 2.09. The molecular weight excluding hydrogens is 200 g/mol. The van der Waals surface area contributed by atoms with Crippen molar-refractivity contribution in [2.24, 2.45) is 0 Å². The van der Waals surface area contributed by atoms with Crippen LogP contribution in [0.25, 0.3) is 0 Å². The van der Waals surface area contributed by atoms with Crippen LogP contribution in [-0.2, 0) is 4.79 Å². The maximum Gasteiger partial charge on any atom is 0.230 e. The lowest BCUT2D eigenvalue weighted by atomic mass is 10.2. The van der Waals surface area contributed by atoms with Crippen LogP contribution in [0.1, 0.15) is 12.0 Å². The third-order valence-corrected chi connectivity index (χ3v) is 2.31. The third-order valence-electron chi connectivity index (χ3n) is 2.31. The summed E-state index contributed by atoms with van der Waals surface area (Å²) in [5.74, 6) is 0.0821. The van der Waals surface area contributed by atoms with Gasteiger partial charge in [0.2, 0.25) is 5.91 Å². The van der Waals surface area contributed by atoms with Crippen molar-refractivity contribution < 1.29 is 9.28 Å². The first kappa shape index (κ1) is 12.7. The number of carbonyl (C=O) groups is 1. The van der Waals surface area contributed by atoms with Crippen molar-refractivity contribution in [3.63, 3.8) is 0 Å². The lowest BCUT2D eigenvalue weighted by molar-refractivity contribution is -0.869. The van der Waals surface area contributed by atoms with Crippen molar-refractivity contribution in [2.75, 3.05) is 33.0 Å². The molecule has 1 aromatic carbocycles. The van der Waals surface area contributed by atoms with Gasteiger partial charge in [0.05, 0.1) is 34.1 Å². The number of quaternary nitrogens is 1. The summed E-state index contributed by atoms with van der Waals surface area (Å²) in [6.07, 6.45) is 0.553. The molecule has 0 saturated carbocycles. The van der Waals surface area contributed by atoms with Crippen LogP contribution in [0.4, 0.5) is 5.69 Å². The van der Waals surface area contributed by atoms with Crippen molar-refractivity contribution in [1.29, 1.82) is 0 Å². The van der Waals surface area contributed by atoms with Crippen LogP contribution in [0.15, 0.2) is 24.3 Å². The number of rotatable bonds is 4. The van der Waals surface area contributed by atoms with Gasteiger partial charge < -0.3 is 9.80 Å². The van der Waals surface area contributed by atoms with Gasteiger partial charge in [0, 0.05) is 5.69 Å². The monoisotopic (exact) mass is 221 g/mol. The zero-order chi connectivity index (χ0) is 12.2. The highest BCUT2D eigenvalue weighted by molar-refractivity contribution is 5.90. The molecule has 0 saturated heterocycles. The molecule has 16 heavy (non-hydrogen) atoms. The summed E-state index contributed by atoms with van der Waals surface area (Å²) in [5, 5.41) is 2.91. The van der Waals surface area contributed by atoms with Gasteiger partial charge in [0.25, 0.3) is 0 Å². The number of hydrogen-bond acceptors (Lipinski definition) is 1. The minimum absolute atomic E-state index is 0.0821. The van der Waals surface area contributed by atoms with Gasteiger partial charge in [-0.25, -0.2) is 0 Å². The van der Waals surface area contributed by atoms with Gasteiger partial charge in [-0.05, 0) is 24.6 Å². The smallest absolute Gasteiger partial charge is 0.230 e. The molecule has 0 aliphatic carbocycles. The Kier molecular flexibility index (Phi) is 4.07. The Labute approximate surface area is 97.7 Å². The summed E-state index contributed by atoms with van der Waals surface area (Å²) in [5.41, 5.74) is 2.04. The Hall–Kier alpha value is -1.35. The first-order valence-electron chi connectivity index (χ1n) is 5.54. The summed E-state index contributed by atoms with van der Waals surface area (Å²) in [7, 11) is 6.25. The lowest BCUT2D eigenvalue weighted by Gasteiger charge is -2.23. The largest absolute Gasteiger partial charge is 0.330 e. The number of hydrogen-bond donors (Lipinski definition) is 1. The molecule has 0 aromatic heterocycles. The van der Waals surface area contributed by atoms with Crippen molar-refractivity contribution in [2.45, 2.75) is 13.3 Å². The van der Waals surface area contributed by atoms with E-state index in [0.717, 1.165) is 22.3 Å². The Balaban J connectivity index is 2.46. The quantitative estimate of drug-likeness (QED) is 0.774. The summed E-state index contributed by atoms with van der Waals surface area (Å²) in [4.78, 5) is 11.6. The Morgan fingerprint density at radius 1 is 1.31 bits per heavy atom. The van der Waals surface area contributed by atoms with Crippen molar-refractivity contribution in [1.82, 2.24) is 0 Å². The fourth-order valence-corrected chi connectivity index (χ4v) is 1.38. The number of aryl methyl sites for hydroxylation is 1. The van der Waals surface area contributed by atoms with Gasteiger partial charge in [-0.2, -0.15) is 0 Å². The van der Waals surface area contributed by atoms with Crippen LogP contribution in [0, 0.1) is 6.92 Å². The maximum atomic E-state index is 11.6. The minimum Gasteiger partial charge on any atom is -0.330 e. The van der Waals surface area contributed by atoms with Crippen LogP contribution in [0.5, 0.6) is 0 Å². The molecule has 0 heterocycles. The van der Waals surface area contributed by atoms with Crippen molar-refractivity contribution in [3.8, 4) is 0 Å². The fourth-order valence-electron chi connectivity index (χ4n) is 1.38. The number of anilines is 1. The predicted octanol–water partition coefficient (Wildman–Crippen LogP) is 2.03. The molecule has 3 nitrogen and oxygen atoms in total. The molecule has 0 aliphatic rings. The Bertz CT molecular complexity index is 366. The number of carbonyl (C=O) groups excluding carboxylic acids is 1. The van der Waals surface area contributed by atoms with E-state index in [1.54, 1.807) is 0 Å². The molecule has 88 valence electrons. The van der Waals surface area contributed by atoms with Crippen LogP contribution in [0.2, 0.25) is 0 Å². The number of benzene rings is 1. The molecule has 1 rings (SSSR count). The van der Waals surface area contributed by atoms with Crippen molar-refractivity contribution >= 4 is 11.6 Å². The van der Waals surface area contributed by atoms with E-state index in [9.17, 15) is 4.79 Å². The minimum atomic E-state index is 0.0821. The summed E-state index contributed by atoms with van der Waals surface area (Å²) < 4.78 is 0.807. The molecule has 0 spiro atoms. The van der Waals surface area contributed by atoms with Gasteiger partial charge in [-0.1, -0.05) is 12.1 Å². The number of nitrogens with one attached hydrogen (secondary N) is 1. The van der Waals surface area contributed by atoms with Crippen LogP contribution >= 0.6 is 0 Å². The molecule has 3 heteroatoms. The SMILES string of the molecule is Cc1cccc(NC(=O)CC[N+](C)(C)C)c1. The van der Waals surface area contributed by atoms with Gasteiger partial charge in [0.1, 0.15) is 0 Å². The molecule has 0 bridgehead atoms. The first-order valence-corrected chi connectivity index (χ1v) is 5.54. The summed E-state index contributed by atoms with van der Waals surface area (Å²) >= 11 is 0. The van der Waals surface area contributed by atoms with E-state index in [2.05, 4.69) is 26.5 Å². The van der Waals surface area contributed by atoms with E-state index in [0.29, 0.717) is 6.42 Å². The van der Waals surface area contributed by atoms with E-state index in [1.807, 2.05) is 31.2 Å². The Morgan fingerprint density at radius 3 is 2.56 bits per heavy atom. The molecule has 0 fully saturated rings. The second-order valence-electron chi connectivity index (χ2n) is 5.18. The van der Waals surface area contributed by atoms with Crippen molar-refractivity contribution in [3.05, 3.63) is 29.8 Å². The number of nitrogens with zero attached hydrogens (tertiary/aromatic N) is 1. The zero-order valence-electron chi connectivity index (χ0n) is 10.6. The second kappa shape index (κ2) is 5.12. The second-order valence-corrected chi connectivity index (χ2v) is 5.18. The molecule has 1 N–H and O–H groups in total. The third kappa shape index (κ3) is 4.94. The molecule has 0 radical (unpaired) electrons. The van der Waals surface area contributed by atoms with Crippen LogP contribution in [0.3, 0.4) is 0 Å². The highest BCUT2D eigenvalue weighted by Gasteiger charge is 2.10. The standard InChI is InChI=1S/C13H20N2O/c1-11-6-5-7-12(10-11)14-13(16)8-9-15(2,3)4/h5-7,10H,8-9H2,1-4H3/p+1. The number of amides is 1. The van der Waals surface area contributed by atoms with Crippen LogP contribution in [-0.4, -0.2) is 38.1 Å². The molecule has 0 aliphatic heterocycles. The average Bonchev–Trinajstić information content (AvgIpc) is 2.14. The average molecular weight is 221 g/mol.